The third-order valence-corrected chi connectivity index (χ3v) is 3.96. The molecule has 0 aliphatic rings. The number of pyridine rings is 1. The van der Waals surface area contributed by atoms with E-state index in [1.165, 1.54) is 0 Å². The van der Waals surface area contributed by atoms with Gasteiger partial charge in [0, 0.05) is 55.0 Å². The van der Waals surface area contributed by atoms with Gasteiger partial charge in [0.05, 0.1) is 0 Å². The SMILES string of the molecule is CN=C(NCCNC(=O)c1ccc(Br)cc1)NCCc1ccccn1.I. The fourth-order valence-corrected chi connectivity index (χ4v) is 2.40. The summed E-state index contributed by atoms with van der Waals surface area (Å²) in [5, 5.41) is 9.26. The van der Waals surface area contributed by atoms with Crippen LogP contribution in [0.1, 0.15) is 16.1 Å². The van der Waals surface area contributed by atoms with Crippen molar-refractivity contribution in [2.45, 2.75) is 6.42 Å². The Kier molecular flexibility index (Phi) is 10.9. The number of nitrogens with zero attached hydrogens (tertiary/aromatic N) is 2. The van der Waals surface area contributed by atoms with E-state index in [1.54, 1.807) is 25.4 Å². The maximum atomic E-state index is 12.0. The molecular formula is C18H23BrIN5O. The van der Waals surface area contributed by atoms with Crippen molar-refractivity contribution >= 4 is 51.8 Å². The zero-order valence-electron chi connectivity index (χ0n) is 14.5. The van der Waals surface area contributed by atoms with E-state index in [4.69, 9.17) is 0 Å². The Bertz CT molecular complexity index is 694. The maximum Gasteiger partial charge on any atom is 0.251 e. The van der Waals surface area contributed by atoms with Gasteiger partial charge < -0.3 is 16.0 Å². The molecule has 0 aliphatic carbocycles. The lowest BCUT2D eigenvalue weighted by Crippen LogP contribution is -2.42. The molecule has 0 bridgehead atoms. The molecular weight excluding hydrogens is 509 g/mol. The summed E-state index contributed by atoms with van der Waals surface area (Å²) >= 11 is 3.35. The van der Waals surface area contributed by atoms with Crippen LogP contribution in [0.15, 0.2) is 58.1 Å². The Balaban J connectivity index is 0.00000338. The number of halogens is 2. The molecule has 1 heterocycles. The average Bonchev–Trinajstić information content (AvgIpc) is 2.65. The standard InChI is InChI=1S/C18H22BrN5O.HI/c1-20-18(23-11-9-16-4-2-3-10-21-16)24-13-12-22-17(25)14-5-7-15(19)8-6-14;/h2-8,10H,9,11-13H2,1H3,(H,22,25)(H2,20,23,24);1H. The van der Waals surface area contributed by atoms with E-state index in [0.29, 0.717) is 24.6 Å². The summed E-state index contributed by atoms with van der Waals surface area (Å²) in [7, 11) is 1.72. The predicted molar refractivity (Wildman–Crippen MR) is 119 cm³/mol. The first-order valence-corrected chi connectivity index (χ1v) is 8.86. The smallest absolute Gasteiger partial charge is 0.251 e. The molecule has 0 saturated carbocycles. The van der Waals surface area contributed by atoms with Crippen LogP contribution >= 0.6 is 39.9 Å². The fraction of sp³-hybridized carbons (Fsp3) is 0.278. The third kappa shape index (κ3) is 8.13. The maximum absolute atomic E-state index is 12.0. The lowest BCUT2D eigenvalue weighted by Gasteiger charge is -2.12. The molecule has 0 fully saturated rings. The van der Waals surface area contributed by atoms with Crippen LogP contribution in [0.4, 0.5) is 0 Å². The van der Waals surface area contributed by atoms with Gasteiger partial charge >= 0.3 is 0 Å². The molecule has 1 aromatic heterocycles. The van der Waals surface area contributed by atoms with E-state index in [1.807, 2.05) is 30.3 Å². The van der Waals surface area contributed by atoms with Crippen LogP contribution in [0.2, 0.25) is 0 Å². The van der Waals surface area contributed by atoms with E-state index in [9.17, 15) is 4.79 Å². The second-order valence-electron chi connectivity index (χ2n) is 5.26. The molecule has 0 aliphatic heterocycles. The Labute approximate surface area is 179 Å². The summed E-state index contributed by atoms with van der Waals surface area (Å²) in [6.07, 6.45) is 2.61. The van der Waals surface area contributed by atoms with E-state index >= 15 is 0 Å². The molecule has 2 aromatic rings. The van der Waals surface area contributed by atoms with Gasteiger partial charge in [-0.2, -0.15) is 0 Å². The molecule has 1 aromatic carbocycles. The lowest BCUT2D eigenvalue weighted by atomic mass is 10.2. The van der Waals surface area contributed by atoms with Crippen LogP contribution in [0.25, 0.3) is 0 Å². The highest BCUT2D eigenvalue weighted by Gasteiger charge is 2.04. The topological polar surface area (TPSA) is 78.4 Å². The number of aliphatic imine (C=N–C) groups is 1. The second-order valence-corrected chi connectivity index (χ2v) is 6.18. The molecule has 26 heavy (non-hydrogen) atoms. The summed E-state index contributed by atoms with van der Waals surface area (Å²) in [6, 6.07) is 13.1. The van der Waals surface area contributed by atoms with E-state index in [-0.39, 0.29) is 29.9 Å². The first kappa shape index (κ1) is 22.4. The van der Waals surface area contributed by atoms with Gasteiger partial charge in [0.25, 0.3) is 5.91 Å². The number of carbonyl (C=O) groups excluding carboxylic acids is 1. The van der Waals surface area contributed by atoms with E-state index in [2.05, 4.69) is 41.9 Å². The molecule has 1 amide bonds. The zero-order chi connectivity index (χ0) is 17.9. The molecule has 8 heteroatoms. The van der Waals surface area contributed by atoms with Gasteiger partial charge in [0.15, 0.2) is 5.96 Å². The number of hydrogen-bond acceptors (Lipinski definition) is 3. The summed E-state index contributed by atoms with van der Waals surface area (Å²) in [6.45, 7) is 1.84. The van der Waals surface area contributed by atoms with Gasteiger partial charge in [-0.1, -0.05) is 22.0 Å². The number of hydrogen-bond donors (Lipinski definition) is 3. The van der Waals surface area contributed by atoms with Crippen molar-refractivity contribution in [2.24, 2.45) is 4.99 Å². The number of benzene rings is 1. The van der Waals surface area contributed by atoms with Crippen LogP contribution in [-0.2, 0) is 6.42 Å². The highest BCUT2D eigenvalue weighted by Crippen LogP contribution is 2.10. The van der Waals surface area contributed by atoms with Crippen LogP contribution in [0.3, 0.4) is 0 Å². The highest BCUT2D eigenvalue weighted by molar-refractivity contribution is 14.0. The zero-order valence-corrected chi connectivity index (χ0v) is 18.5. The summed E-state index contributed by atoms with van der Waals surface area (Å²) in [5.41, 5.74) is 1.67. The quantitative estimate of drug-likeness (QED) is 0.222. The molecule has 3 N–H and O–H groups in total. The van der Waals surface area contributed by atoms with Gasteiger partial charge in [-0.15, -0.1) is 24.0 Å². The molecule has 0 saturated heterocycles. The Hall–Kier alpha value is -1.68. The molecule has 0 unspecified atom stereocenters. The number of aromatic nitrogens is 1. The van der Waals surface area contributed by atoms with Crippen LogP contribution in [0, 0.1) is 0 Å². The summed E-state index contributed by atoms with van der Waals surface area (Å²) < 4.78 is 0.950. The number of rotatable bonds is 7. The monoisotopic (exact) mass is 531 g/mol. The van der Waals surface area contributed by atoms with Gasteiger partial charge in [0.1, 0.15) is 0 Å². The van der Waals surface area contributed by atoms with E-state index < -0.39 is 0 Å². The van der Waals surface area contributed by atoms with Crippen molar-refractivity contribution in [1.29, 1.82) is 0 Å². The normalized spacial score (nSPS) is 10.6. The largest absolute Gasteiger partial charge is 0.356 e. The van der Waals surface area contributed by atoms with Gasteiger partial charge in [-0.05, 0) is 36.4 Å². The number of amides is 1. The summed E-state index contributed by atoms with van der Waals surface area (Å²) in [5.74, 6) is 0.612. The molecule has 0 spiro atoms. The van der Waals surface area contributed by atoms with Crippen molar-refractivity contribution < 1.29 is 4.79 Å². The highest BCUT2D eigenvalue weighted by atomic mass is 127. The van der Waals surface area contributed by atoms with E-state index in [0.717, 1.165) is 23.1 Å². The first-order valence-electron chi connectivity index (χ1n) is 8.07. The Morgan fingerprint density at radius 3 is 2.38 bits per heavy atom. The van der Waals surface area contributed by atoms with Gasteiger partial charge in [0.2, 0.25) is 0 Å². The Morgan fingerprint density at radius 2 is 1.73 bits per heavy atom. The molecule has 140 valence electrons. The van der Waals surface area contributed by atoms with Crippen LogP contribution in [-0.4, -0.2) is 43.5 Å². The van der Waals surface area contributed by atoms with Crippen LogP contribution < -0.4 is 16.0 Å². The van der Waals surface area contributed by atoms with Gasteiger partial charge in [-0.25, -0.2) is 0 Å². The second kappa shape index (κ2) is 12.6. The minimum absolute atomic E-state index is 0. The number of carbonyl (C=O) groups is 1. The van der Waals surface area contributed by atoms with Crippen molar-refractivity contribution in [2.75, 3.05) is 26.7 Å². The van der Waals surface area contributed by atoms with Crippen LogP contribution in [0.5, 0.6) is 0 Å². The fourth-order valence-electron chi connectivity index (χ4n) is 2.14. The minimum Gasteiger partial charge on any atom is -0.356 e. The molecule has 0 atom stereocenters. The Morgan fingerprint density at radius 1 is 1.04 bits per heavy atom. The number of nitrogens with one attached hydrogen (secondary N) is 3. The molecule has 0 radical (unpaired) electrons. The first-order chi connectivity index (χ1) is 12.2. The lowest BCUT2D eigenvalue weighted by molar-refractivity contribution is 0.0954. The van der Waals surface area contributed by atoms with Crippen molar-refractivity contribution in [3.8, 4) is 0 Å². The molecule has 2 rings (SSSR count). The number of guanidine groups is 1. The average molecular weight is 532 g/mol. The van der Waals surface area contributed by atoms with Crippen molar-refractivity contribution in [3.05, 3.63) is 64.4 Å². The molecule has 6 nitrogen and oxygen atoms in total. The minimum atomic E-state index is -0.0904. The predicted octanol–water partition coefficient (Wildman–Crippen LogP) is 2.60. The van der Waals surface area contributed by atoms with Gasteiger partial charge in [-0.3, -0.25) is 14.8 Å². The van der Waals surface area contributed by atoms with Crippen molar-refractivity contribution in [3.63, 3.8) is 0 Å². The van der Waals surface area contributed by atoms with Crippen molar-refractivity contribution in [1.82, 2.24) is 20.9 Å². The third-order valence-electron chi connectivity index (χ3n) is 3.43. The summed E-state index contributed by atoms with van der Waals surface area (Å²) in [4.78, 5) is 20.4.